The largest absolute Gasteiger partial charge is 0.493 e. The van der Waals surface area contributed by atoms with Crippen LogP contribution in [0.4, 0.5) is 5.69 Å². The molecule has 0 saturated carbocycles. The van der Waals surface area contributed by atoms with Gasteiger partial charge >= 0.3 is 5.91 Å². The number of carbonyl (C=O) groups is 2. The number of aryl methyl sites for hydroxylation is 2. The lowest BCUT2D eigenvalue weighted by atomic mass is 10.1. The molecule has 0 unspecified atom stereocenters. The number of azo groups is 1. The smallest absolute Gasteiger partial charge is 0.311 e. The van der Waals surface area contributed by atoms with E-state index in [2.05, 4.69) is 15.5 Å². The van der Waals surface area contributed by atoms with E-state index in [4.69, 9.17) is 0 Å². The van der Waals surface area contributed by atoms with Gasteiger partial charge in [-0.15, -0.1) is 21.6 Å². The van der Waals surface area contributed by atoms with Gasteiger partial charge in [-0.2, -0.15) is 0 Å². The number of thiophene rings is 1. The van der Waals surface area contributed by atoms with Crippen molar-refractivity contribution in [3.8, 4) is 5.88 Å². The molecule has 5 aromatic rings. The van der Waals surface area contributed by atoms with Gasteiger partial charge in [0.15, 0.2) is 5.69 Å². The monoisotopic (exact) mass is 520 g/mol. The van der Waals surface area contributed by atoms with Crippen LogP contribution in [-0.2, 0) is 17.8 Å². The Balaban J connectivity index is 1.43. The minimum atomic E-state index is -0.733. The van der Waals surface area contributed by atoms with Crippen molar-refractivity contribution in [3.63, 3.8) is 0 Å². The summed E-state index contributed by atoms with van der Waals surface area (Å²) in [5.41, 5.74) is 2.52. The summed E-state index contributed by atoms with van der Waals surface area (Å²) in [6, 6.07) is 29.7. The minimum absolute atomic E-state index is 0.0163. The number of aromatic nitrogens is 1. The van der Waals surface area contributed by atoms with Crippen molar-refractivity contribution in [2.75, 3.05) is 0 Å². The minimum Gasteiger partial charge on any atom is -0.493 e. The summed E-state index contributed by atoms with van der Waals surface area (Å²) in [6.45, 7) is 0.524. The molecule has 0 radical (unpaired) electrons. The van der Waals surface area contributed by atoms with E-state index in [1.165, 1.54) is 11.3 Å². The van der Waals surface area contributed by atoms with E-state index in [0.717, 1.165) is 16.0 Å². The SMILES string of the molecule is O=C(N=Nc1c(O)n(CCc2ccccc2)c2ccccc12)/C(=C\c1cccs1)NC(=O)c1ccccc1. The molecule has 0 aliphatic carbocycles. The number of para-hydroxylation sites is 1. The average molecular weight is 521 g/mol. The zero-order chi connectivity index (χ0) is 26.3. The Bertz CT molecular complexity index is 1620. The Labute approximate surface area is 223 Å². The second-order valence-electron chi connectivity index (χ2n) is 8.48. The molecule has 2 amide bonds. The van der Waals surface area contributed by atoms with Gasteiger partial charge in [-0.3, -0.25) is 9.59 Å². The highest BCUT2D eigenvalue weighted by Crippen LogP contribution is 2.39. The molecular weight excluding hydrogens is 496 g/mol. The number of hydrogen-bond acceptors (Lipinski definition) is 5. The highest BCUT2D eigenvalue weighted by molar-refractivity contribution is 7.10. The molecule has 0 saturated heterocycles. The number of rotatable bonds is 8. The van der Waals surface area contributed by atoms with Crippen LogP contribution in [0.15, 0.2) is 118 Å². The molecule has 0 fully saturated rings. The normalized spacial score (nSPS) is 11.7. The van der Waals surface area contributed by atoms with E-state index in [9.17, 15) is 14.7 Å². The summed E-state index contributed by atoms with van der Waals surface area (Å²) >= 11 is 1.42. The Hall–Kier alpha value is -4.82. The average Bonchev–Trinajstić information content (AvgIpc) is 3.56. The highest BCUT2D eigenvalue weighted by atomic mass is 32.1. The molecule has 2 N–H and O–H groups in total. The van der Waals surface area contributed by atoms with Crippen molar-refractivity contribution in [3.05, 3.63) is 124 Å². The molecule has 2 heterocycles. The van der Waals surface area contributed by atoms with Gasteiger partial charge in [-0.1, -0.05) is 72.8 Å². The van der Waals surface area contributed by atoms with Gasteiger partial charge in [0.05, 0.1) is 5.52 Å². The molecular formula is C30H24N4O3S. The predicted octanol–water partition coefficient (Wildman–Crippen LogP) is 6.73. The highest BCUT2D eigenvalue weighted by Gasteiger charge is 2.19. The van der Waals surface area contributed by atoms with Crippen molar-refractivity contribution in [2.24, 2.45) is 10.2 Å². The maximum Gasteiger partial charge on any atom is 0.311 e. The van der Waals surface area contributed by atoms with Crippen LogP contribution in [0.25, 0.3) is 17.0 Å². The molecule has 3 aromatic carbocycles. The van der Waals surface area contributed by atoms with Crippen molar-refractivity contribution in [2.45, 2.75) is 13.0 Å². The van der Waals surface area contributed by atoms with Crippen LogP contribution in [0, 0.1) is 0 Å². The van der Waals surface area contributed by atoms with Crippen LogP contribution in [0.2, 0.25) is 0 Å². The predicted molar refractivity (Wildman–Crippen MR) is 149 cm³/mol. The Kier molecular flexibility index (Phi) is 7.52. The molecule has 38 heavy (non-hydrogen) atoms. The zero-order valence-corrected chi connectivity index (χ0v) is 21.1. The zero-order valence-electron chi connectivity index (χ0n) is 20.3. The van der Waals surface area contributed by atoms with E-state index in [1.807, 2.05) is 72.1 Å². The third kappa shape index (κ3) is 5.61. The fraction of sp³-hybridized carbons (Fsp3) is 0.0667. The fourth-order valence-electron chi connectivity index (χ4n) is 4.08. The second-order valence-corrected chi connectivity index (χ2v) is 9.45. The second kappa shape index (κ2) is 11.5. The lowest BCUT2D eigenvalue weighted by Crippen LogP contribution is -2.26. The maximum absolute atomic E-state index is 13.1. The molecule has 0 atom stereocenters. The summed E-state index contributed by atoms with van der Waals surface area (Å²) in [5.74, 6) is -1.24. The quantitative estimate of drug-likeness (QED) is 0.175. The summed E-state index contributed by atoms with van der Waals surface area (Å²) in [4.78, 5) is 26.7. The van der Waals surface area contributed by atoms with Crippen LogP contribution < -0.4 is 5.32 Å². The van der Waals surface area contributed by atoms with Crippen LogP contribution >= 0.6 is 11.3 Å². The first kappa shape index (κ1) is 24.9. The van der Waals surface area contributed by atoms with Crippen molar-refractivity contribution < 1.29 is 14.7 Å². The summed E-state index contributed by atoms with van der Waals surface area (Å²) < 4.78 is 1.76. The van der Waals surface area contributed by atoms with Gasteiger partial charge in [0.2, 0.25) is 5.88 Å². The number of nitrogens with zero attached hydrogens (tertiary/aromatic N) is 3. The third-order valence-corrected chi connectivity index (χ3v) is 6.79. The number of aromatic hydroxyl groups is 1. The number of amides is 2. The number of benzene rings is 3. The van der Waals surface area contributed by atoms with Crippen molar-refractivity contribution in [1.29, 1.82) is 0 Å². The number of nitrogens with one attached hydrogen (secondary N) is 1. The maximum atomic E-state index is 13.1. The van der Waals surface area contributed by atoms with Crippen LogP contribution in [-0.4, -0.2) is 21.5 Å². The number of carbonyl (C=O) groups excluding carboxylic acids is 2. The van der Waals surface area contributed by atoms with Gasteiger partial charge in [0, 0.05) is 22.4 Å². The molecule has 0 bridgehead atoms. The van der Waals surface area contributed by atoms with Crippen LogP contribution in [0.1, 0.15) is 20.8 Å². The van der Waals surface area contributed by atoms with Crippen molar-refractivity contribution >= 4 is 45.8 Å². The van der Waals surface area contributed by atoms with E-state index >= 15 is 0 Å². The molecule has 188 valence electrons. The summed E-state index contributed by atoms with van der Waals surface area (Å²) in [7, 11) is 0. The molecule has 0 aliphatic heterocycles. The molecule has 0 aliphatic rings. The Morgan fingerprint density at radius 2 is 1.61 bits per heavy atom. The van der Waals surface area contributed by atoms with Gasteiger partial charge in [-0.25, -0.2) is 0 Å². The molecule has 5 rings (SSSR count). The number of hydrogen-bond donors (Lipinski definition) is 2. The molecule has 0 spiro atoms. The van der Waals surface area contributed by atoms with Crippen LogP contribution in [0.5, 0.6) is 5.88 Å². The first-order valence-electron chi connectivity index (χ1n) is 12.0. The standard InChI is InChI=1S/C30H24N4O3S/c35-28(22-12-5-2-6-13-22)31-25(20-23-14-9-19-38-23)29(36)33-32-27-24-15-7-8-16-26(24)34(30(27)37)18-17-21-10-3-1-4-11-21/h1-16,19-20,37H,17-18H2,(H,31,35)/b25-20+,33-32?. The van der Waals surface area contributed by atoms with E-state index < -0.39 is 11.8 Å². The number of fused-ring (bicyclic) bond motifs is 1. The van der Waals surface area contributed by atoms with E-state index in [1.54, 1.807) is 41.0 Å². The third-order valence-electron chi connectivity index (χ3n) is 5.97. The van der Waals surface area contributed by atoms with E-state index in [-0.39, 0.29) is 17.3 Å². The van der Waals surface area contributed by atoms with Gasteiger partial charge in [0.1, 0.15) is 5.70 Å². The van der Waals surface area contributed by atoms with Gasteiger partial charge in [0.25, 0.3) is 5.91 Å². The summed E-state index contributed by atoms with van der Waals surface area (Å²) in [6.07, 6.45) is 2.28. The Morgan fingerprint density at radius 3 is 2.34 bits per heavy atom. The lowest BCUT2D eigenvalue weighted by molar-refractivity contribution is -0.115. The lowest BCUT2D eigenvalue weighted by Gasteiger charge is -2.07. The first-order valence-corrected chi connectivity index (χ1v) is 12.9. The van der Waals surface area contributed by atoms with Gasteiger partial charge < -0.3 is 15.0 Å². The molecule has 7 nitrogen and oxygen atoms in total. The molecule has 8 heteroatoms. The fourth-order valence-corrected chi connectivity index (χ4v) is 4.74. The van der Waals surface area contributed by atoms with Gasteiger partial charge in [-0.05, 0) is 47.7 Å². The topological polar surface area (TPSA) is 96.0 Å². The van der Waals surface area contributed by atoms with Crippen LogP contribution in [0.3, 0.4) is 0 Å². The summed E-state index contributed by atoms with van der Waals surface area (Å²) in [5, 5.41) is 24.3. The Morgan fingerprint density at radius 1 is 0.895 bits per heavy atom. The van der Waals surface area contributed by atoms with E-state index in [0.29, 0.717) is 23.9 Å². The van der Waals surface area contributed by atoms with Crippen molar-refractivity contribution in [1.82, 2.24) is 9.88 Å². The first-order chi connectivity index (χ1) is 18.6. The molecule has 2 aromatic heterocycles.